The van der Waals surface area contributed by atoms with Gasteiger partial charge in [0.15, 0.2) is 0 Å². The van der Waals surface area contributed by atoms with Crippen LogP contribution in [-0.2, 0) is 11.2 Å². The van der Waals surface area contributed by atoms with Crippen LogP contribution in [0.25, 0.3) is 0 Å². The SMILES string of the molecule is CC(C)CN(CCC(=O)NC1CCCCC1)c1nc(Cc2ccccc2)ns1. The first-order chi connectivity index (χ1) is 13.6. The van der Waals surface area contributed by atoms with Crippen LogP contribution in [0.2, 0.25) is 0 Å². The highest BCUT2D eigenvalue weighted by Crippen LogP contribution is 2.21. The predicted molar refractivity (Wildman–Crippen MR) is 116 cm³/mol. The number of nitrogens with one attached hydrogen (secondary N) is 1. The van der Waals surface area contributed by atoms with E-state index in [1.54, 1.807) is 0 Å². The number of aromatic nitrogens is 2. The second-order valence-corrected chi connectivity index (χ2v) is 8.88. The first kappa shape index (κ1) is 20.8. The van der Waals surface area contributed by atoms with Gasteiger partial charge in [0, 0.05) is 43.5 Å². The van der Waals surface area contributed by atoms with Gasteiger partial charge in [-0.05, 0) is 24.3 Å². The van der Waals surface area contributed by atoms with Crippen LogP contribution < -0.4 is 10.2 Å². The van der Waals surface area contributed by atoms with Crippen LogP contribution >= 0.6 is 11.5 Å². The van der Waals surface area contributed by atoms with Crippen LogP contribution in [0.4, 0.5) is 5.13 Å². The highest BCUT2D eigenvalue weighted by molar-refractivity contribution is 7.09. The molecule has 5 nitrogen and oxygen atoms in total. The van der Waals surface area contributed by atoms with Gasteiger partial charge < -0.3 is 10.2 Å². The highest BCUT2D eigenvalue weighted by atomic mass is 32.1. The Bertz CT molecular complexity index is 725. The summed E-state index contributed by atoms with van der Waals surface area (Å²) in [5.74, 6) is 1.52. The van der Waals surface area contributed by atoms with Gasteiger partial charge in [-0.3, -0.25) is 4.79 Å². The molecule has 3 rings (SSSR count). The van der Waals surface area contributed by atoms with Crippen molar-refractivity contribution in [3.8, 4) is 0 Å². The molecule has 1 fully saturated rings. The van der Waals surface area contributed by atoms with Gasteiger partial charge in [0.25, 0.3) is 0 Å². The normalized spacial score (nSPS) is 15.0. The second-order valence-electron chi connectivity index (χ2n) is 8.15. The van der Waals surface area contributed by atoms with Crippen molar-refractivity contribution in [2.75, 3.05) is 18.0 Å². The molecule has 0 saturated heterocycles. The minimum atomic E-state index is 0.162. The maximum atomic E-state index is 12.4. The summed E-state index contributed by atoms with van der Waals surface area (Å²) in [7, 11) is 0. The molecule has 0 radical (unpaired) electrons. The number of nitrogens with zero attached hydrogens (tertiary/aromatic N) is 3. The van der Waals surface area contributed by atoms with Gasteiger partial charge in [0.05, 0.1) is 0 Å². The van der Waals surface area contributed by atoms with E-state index in [1.165, 1.54) is 36.4 Å². The Balaban J connectivity index is 1.56. The molecule has 0 spiro atoms. The van der Waals surface area contributed by atoms with Gasteiger partial charge >= 0.3 is 0 Å². The molecule has 1 heterocycles. The van der Waals surface area contributed by atoms with E-state index in [-0.39, 0.29) is 5.91 Å². The van der Waals surface area contributed by atoms with Gasteiger partial charge in [-0.15, -0.1) is 0 Å². The topological polar surface area (TPSA) is 58.1 Å². The van der Waals surface area contributed by atoms with E-state index in [0.717, 1.165) is 36.8 Å². The van der Waals surface area contributed by atoms with E-state index in [2.05, 4.69) is 40.6 Å². The molecule has 28 heavy (non-hydrogen) atoms. The summed E-state index contributed by atoms with van der Waals surface area (Å²) in [6.07, 6.45) is 7.28. The molecule has 0 bridgehead atoms. The van der Waals surface area contributed by atoms with E-state index < -0.39 is 0 Å². The van der Waals surface area contributed by atoms with Crippen molar-refractivity contribution in [1.29, 1.82) is 0 Å². The Hall–Kier alpha value is -1.95. The van der Waals surface area contributed by atoms with Gasteiger partial charge in [-0.25, -0.2) is 4.98 Å². The van der Waals surface area contributed by atoms with E-state index in [0.29, 0.717) is 24.9 Å². The standard InChI is InChI=1S/C22H32N4OS/c1-17(2)16-26(14-13-21(27)23-19-11-7-4-8-12-19)22-24-20(25-28-22)15-18-9-5-3-6-10-18/h3,5-6,9-10,17,19H,4,7-8,11-16H2,1-2H3,(H,23,27). The average Bonchev–Trinajstić information content (AvgIpc) is 3.15. The zero-order valence-corrected chi connectivity index (χ0v) is 17.9. The number of benzene rings is 1. The van der Waals surface area contributed by atoms with Crippen LogP contribution in [0.1, 0.15) is 63.8 Å². The van der Waals surface area contributed by atoms with E-state index in [4.69, 9.17) is 4.98 Å². The third kappa shape index (κ3) is 6.59. The van der Waals surface area contributed by atoms with Crippen molar-refractivity contribution < 1.29 is 4.79 Å². The minimum absolute atomic E-state index is 0.162. The molecule has 1 saturated carbocycles. The quantitative estimate of drug-likeness (QED) is 0.676. The number of hydrogen-bond donors (Lipinski definition) is 1. The lowest BCUT2D eigenvalue weighted by Gasteiger charge is -2.25. The van der Waals surface area contributed by atoms with Crippen molar-refractivity contribution in [2.24, 2.45) is 5.92 Å². The average molecular weight is 401 g/mol. The summed E-state index contributed by atoms with van der Waals surface area (Å²) < 4.78 is 4.55. The lowest BCUT2D eigenvalue weighted by molar-refractivity contribution is -0.121. The Morgan fingerprint density at radius 3 is 2.68 bits per heavy atom. The Morgan fingerprint density at radius 2 is 1.96 bits per heavy atom. The largest absolute Gasteiger partial charge is 0.353 e. The van der Waals surface area contributed by atoms with E-state index in [1.807, 2.05) is 18.2 Å². The Kier molecular flexibility index (Phi) is 7.83. The predicted octanol–water partition coefficient (Wildman–Crippen LogP) is 4.43. The summed E-state index contributed by atoms with van der Waals surface area (Å²) in [5.41, 5.74) is 1.22. The summed E-state index contributed by atoms with van der Waals surface area (Å²) >= 11 is 1.44. The molecular formula is C22H32N4OS. The molecule has 0 atom stereocenters. The molecular weight excluding hydrogens is 368 g/mol. The second kappa shape index (κ2) is 10.6. The van der Waals surface area contributed by atoms with Gasteiger partial charge in [-0.2, -0.15) is 4.37 Å². The van der Waals surface area contributed by atoms with Crippen molar-refractivity contribution in [2.45, 2.75) is 64.8 Å². The molecule has 152 valence electrons. The maximum Gasteiger partial charge on any atom is 0.221 e. The Labute approximate surface area is 172 Å². The van der Waals surface area contributed by atoms with Crippen molar-refractivity contribution in [3.63, 3.8) is 0 Å². The summed E-state index contributed by atoms with van der Waals surface area (Å²) in [5, 5.41) is 4.14. The summed E-state index contributed by atoms with van der Waals surface area (Å²) in [4.78, 5) is 19.4. The number of carbonyl (C=O) groups excluding carboxylic acids is 1. The molecule has 1 aliphatic carbocycles. The lowest BCUT2D eigenvalue weighted by Crippen LogP contribution is -2.38. The van der Waals surface area contributed by atoms with Crippen molar-refractivity contribution in [1.82, 2.24) is 14.7 Å². The van der Waals surface area contributed by atoms with Crippen LogP contribution in [0.3, 0.4) is 0 Å². The highest BCUT2D eigenvalue weighted by Gasteiger charge is 2.18. The third-order valence-corrected chi connectivity index (χ3v) is 5.91. The smallest absolute Gasteiger partial charge is 0.221 e. The molecule has 1 N–H and O–H groups in total. The fourth-order valence-corrected chi connectivity index (χ4v) is 4.43. The molecule has 0 unspecified atom stereocenters. The minimum Gasteiger partial charge on any atom is -0.353 e. The number of rotatable bonds is 9. The zero-order chi connectivity index (χ0) is 19.8. The van der Waals surface area contributed by atoms with Crippen molar-refractivity contribution in [3.05, 3.63) is 41.7 Å². The molecule has 1 aromatic carbocycles. The molecule has 1 aromatic heterocycles. The molecule has 0 aliphatic heterocycles. The fourth-order valence-electron chi connectivity index (χ4n) is 3.71. The fraction of sp³-hybridized carbons (Fsp3) is 0.591. The molecule has 1 amide bonds. The monoisotopic (exact) mass is 400 g/mol. The summed E-state index contributed by atoms with van der Waals surface area (Å²) in [6, 6.07) is 10.7. The van der Waals surface area contributed by atoms with Gasteiger partial charge in [-0.1, -0.05) is 63.4 Å². The van der Waals surface area contributed by atoms with Crippen molar-refractivity contribution >= 4 is 22.6 Å². The van der Waals surface area contributed by atoms with E-state index >= 15 is 0 Å². The molecule has 2 aromatic rings. The summed E-state index contributed by atoms with van der Waals surface area (Å²) in [6.45, 7) is 5.97. The van der Waals surface area contributed by atoms with Crippen LogP contribution in [0.15, 0.2) is 30.3 Å². The number of amides is 1. The molecule has 6 heteroatoms. The Morgan fingerprint density at radius 1 is 1.21 bits per heavy atom. The number of carbonyl (C=O) groups is 1. The van der Waals surface area contributed by atoms with Crippen LogP contribution in [0, 0.1) is 5.92 Å². The van der Waals surface area contributed by atoms with Crippen LogP contribution in [0.5, 0.6) is 0 Å². The number of anilines is 1. The third-order valence-electron chi connectivity index (χ3n) is 5.10. The van der Waals surface area contributed by atoms with Crippen LogP contribution in [-0.4, -0.2) is 34.4 Å². The first-order valence-corrected chi connectivity index (χ1v) is 11.3. The first-order valence-electron chi connectivity index (χ1n) is 10.5. The maximum absolute atomic E-state index is 12.4. The van der Waals surface area contributed by atoms with E-state index in [9.17, 15) is 4.79 Å². The molecule has 1 aliphatic rings. The zero-order valence-electron chi connectivity index (χ0n) is 17.1. The number of hydrogen-bond acceptors (Lipinski definition) is 5. The van der Waals surface area contributed by atoms with Gasteiger partial charge in [0.2, 0.25) is 11.0 Å². The lowest BCUT2D eigenvalue weighted by atomic mass is 9.95. The van der Waals surface area contributed by atoms with Gasteiger partial charge in [0.1, 0.15) is 5.82 Å².